The van der Waals surface area contributed by atoms with Crippen LogP contribution < -0.4 is 9.47 Å². The molecular formula is C15H17ClO2. The van der Waals surface area contributed by atoms with Gasteiger partial charge in [-0.15, -0.1) is 11.6 Å². The van der Waals surface area contributed by atoms with Crippen LogP contribution in [0.25, 0.3) is 10.8 Å². The lowest BCUT2D eigenvalue weighted by Crippen LogP contribution is -1.99. The summed E-state index contributed by atoms with van der Waals surface area (Å²) in [6, 6.07) is 10.2. The van der Waals surface area contributed by atoms with Crippen LogP contribution in [0.1, 0.15) is 12.0 Å². The van der Waals surface area contributed by atoms with Gasteiger partial charge in [0.05, 0.1) is 13.7 Å². The number of benzene rings is 2. The predicted octanol–water partition coefficient (Wildman–Crippen LogP) is 4.16. The van der Waals surface area contributed by atoms with Gasteiger partial charge in [0.25, 0.3) is 0 Å². The van der Waals surface area contributed by atoms with Crippen molar-refractivity contribution in [3.8, 4) is 11.5 Å². The molecule has 2 aromatic carbocycles. The van der Waals surface area contributed by atoms with E-state index in [1.165, 1.54) is 5.56 Å². The van der Waals surface area contributed by atoms with Crippen LogP contribution in [0.15, 0.2) is 30.3 Å². The van der Waals surface area contributed by atoms with Crippen LogP contribution in [0, 0.1) is 6.92 Å². The lowest BCUT2D eigenvalue weighted by Gasteiger charge is -2.12. The van der Waals surface area contributed by atoms with Crippen molar-refractivity contribution >= 4 is 22.4 Å². The molecule has 0 fully saturated rings. The van der Waals surface area contributed by atoms with Gasteiger partial charge in [-0.25, -0.2) is 0 Å². The second-order valence-electron chi connectivity index (χ2n) is 4.21. The summed E-state index contributed by atoms with van der Waals surface area (Å²) in [5.74, 6) is 2.38. The number of ether oxygens (including phenoxy) is 2. The summed E-state index contributed by atoms with van der Waals surface area (Å²) in [4.78, 5) is 0. The number of rotatable bonds is 5. The maximum atomic E-state index is 5.77. The molecule has 0 saturated heterocycles. The third-order valence-corrected chi connectivity index (χ3v) is 3.11. The molecular weight excluding hydrogens is 248 g/mol. The highest BCUT2D eigenvalue weighted by atomic mass is 35.5. The zero-order chi connectivity index (χ0) is 13.0. The van der Waals surface area contributed by atoms with Gasteiger partial charge in [-0.1, -0.05) is 17.7 Å². The van der Waals surface area contributed by atoms with Gasteiger partial charge >= 0.3 is 0 Å². The Morgan fingerprint density at radius 2 is 1.83 bits per heavy atom. The third kappa shape index (κ3) is 2.70. The van der Waals surface area contributed by atoms with Gasteiger partial charge in [0, 0.05) is 16.7 Å². The number of halogens is 1. The fourth-order valence-corrected chi connectivity index (χ4v) is 2.06. The molecule has 96 valence electrons. The molecule has 2 rings (SSSR count). The van der Waals surface area contributed by atoms with Crippen molar-refractivity contribution in [3.05, 3.63) is 35.9 Å². The Kier molecular flexibility index (Phi) is 4.32. The van der Waals surface area contributed by atoms with Crippen LogP contribution in [-0.2, 0) is 0 Å². The van der Waals surface area contributed by atoms with E-state index in [4.69, 9.17) is 21.1 Å². The Labute approximate surface area is 112 Å². The lowest BCUT2D eigenvalue weighted by molar-refractivity contribution is 0.321. The van der Waals surface area contributed by atoms with E-state index in [2.05, 4.69) is 25.1 Å². The standard InChI is InChI=1S/C15H17ClO2/c1-11-4-5-12-13(10-11)15(18-9-3-8-16)7-6-14(12)17-2/h4-7,10H,3,8-9H2,1-2H3. The maximum Gasteiger partial charge on any atom is 0.127 e. The van der Waals surface area contributed by atoms with Crippen molar-refractivity contribution in [2.75, 3.05) is 19.6 Å². The van der Waals surface area contributed by atoms with E-state index in [0.29, 0.717) is 12.5 Å². The molecule has 0 bridgehead atoms. The van der Waals surface area contributed by atoms with Crippen molar-refractivity contribution in [1.29, 1.82) is 0 Å². The smallest absolute Gasteiger partial charge is 0.127 e. The summed E-state index contributed by atoms with van der Waals surface area (Å²) < 4.78 is 11.1. The van der Waals surface area contributed by atoms with Gasteiger partial charge in [-0.3, -0.25) is 0 Å². The Morgan fingerprint density at radius 3 is 2.56 bits per heavy atom. The number of hydrogen-bond acceptors (Lipinski definition) is 2. The molecule has 0 heterocycles. The van der Waals surface area contributed by atoms with E-state index in [9.17, 15) is 0 Å². The molecule has 0 atom stereocenters. The SMILES string of the molecule is COc1ccc(OCCCCl)c2cc(C)ccc12. The number of aryl methyl sites for hydroxylation is 1. The second kappa shape index (κ2) is 5.96. The first kappa shape index (κ1) is 13.0. The number of hydrogen-bond donors (Lipinski definition) is 0. The summed E-state index contributed by atoms with van der Waals surface area (Å²) >= 11 is 5.66. The Hall–Kier alpha value is -1.41. The quantitative estimate of drug-likeness (QED) is 0.596. The van der Waals surface area contributed by atoms with E-state index < -0.39 is 0 Å². The molecule has 0 aliphatic heterocycles. The van der Waals surface area contributed by atoms with Gasteiger partial charge < -0.3 is 9.47 Å². The summed E-state index contributed by atoms with van der Waals surface area (Å²) in [5.41, 5.74) is 1.21. The Balaban J connectivity index is 2.43. The van der Waals surface area contributed by atoms with Gasteiger partial charge in [-0.2, -0.15) is 0 Å². The molecule has 18 heavy (non-hydrogen) atoms. The molecule has 0 radical (unpaired) electrons. The van der Waals surface area contributed by atoms with Gasteiger partial charge in [0.1, 0.15) is 11.5 Å². The topological polar surface area (TPSA) is 18.5 Å². The highest BCUT2D eigenvalue weighted by molar-refractivity contribution is 6.17. The summed E-state index contributed by atoms with van der Waals surface area (Å²) in [6.45, 7) is 2.71. The average molecular weight is 265 g/mol. The number of alkyl halides is 1. The summed E-state index contributed by atoms with van der Waals surface area (Å²) in [6.07, 6.45) is 0.848. The zero-order valence-electron chi connectivity index (χ0n) is 10.7. The Morgan fingerprint density at radius 1 is 1.06 bits per heavy atom. The monoisotopic (exact) mass is 264 g/mol. The molecule has 0 N–H and O–H groups in total. The highest BCUT2D eigenvalue weighted by Gasteiger charge is 2.07. The average Bonchev–Trinajstić information content (AvgIpc) is 2.39. The first-order chi connectivity index (χ1) is 8.76. The predicted molar refractivity (Wildman–Crippen MR) is 76.1 cm³/mol. The molecule has 0 saturated carbocycles. The fourth-order valence-electron chi connectivity index (χ4n) is 1.95. The molecule has 2 nitrogen and oxygen atoms in total. The van der Waals surface area contributed by atoms with Gasteiger partial charge in [0.15, 0.2) is 0 Å². The van der Waals surface area contributed by atoms with Crippen LogP contribution in [0.5, 0.6) is 11.5 Å². The van der Waals surface area contributed by atoms with Crippen molar-refractivity contribution in [2.45, 2.75) is 13.3 Å². The van der Waals surface area contributed by atoms with Crippen LogP contribution in [0.4, 0.5) is 0 Å². The lowest BCUT2D eigenvalue weighted by atomic mass is 10.1. The van der Waals surface area contributed by atoms with E-state index in [1.54, 1.807) is 7.11 Å². The maximum absolute atomic E-state index is 5.77. The first-order valence-electron chi connectivity index (χ1n) is 6.02. The minimum atomic E-state index is 0.618. The Bertz CT molecular complexity index is 537. The van der Waals surface area contributed by atoms with Crippen molar-refractivity contribution < 1.29 is 9.47 Å². The minimum Gasteiger partial charge on any atom is -0.496 e. The fraction of sp³-hybridized carbons (Fsp3) is 0.333. The molecule has 0 unspecified atom stereocenters. The molecule has 0 aliphatic rings. The van der Waals surface area contributed by atoms with E-state index in [0.717, 1.165) is 28.7 Å². The highest BCUT2D eigenvalue weighted by Crippen LogP contribution is 2.33. The molecule has 0 amide bonds. The van der Waals surface area contributed by atoms with E-state index >= 15 is 0 Å². The summed E-state index contributed by atoms with van der Waals surface area (Å²) in [5, 5.41) is 2.16. The van der Waals surface area contributed by atoms with Crippen LogP contribution in [0.3, 0.4) is 0 Å². The first-order valence-corrected chi connectivity index (χ1v) is 6.56. The van der Waals surface area contributed by atoms with Crippen molar-refractivity contribution in [1.82, 2.24) is 0 Å². The van der Waals surface area contributed by atoms with Crippen LogP contribution in [0.2, 0.25) is 0 Å². The third-order valence-electron chi connectivity index (χ3n) is 2.85. The van der Waals surface area contributed by atoms with Crippen molar-refractivity contribution in [3.63, 3.8) is 0 Å². The van der Waals surface area contributed by atoms with E-state index in [-0.39, 0.29) is 0 Å². The number of fused-ring (bicyclic) bond motifs is 1. The van der Waals surface area contributed by atoms with Gasteiger partial charge in [0.2, 0.25) is 0 Å². The van der Waals surface area contributed by atoms with Crippen LogP contribution in [-0.4, -0.2) is 19.6 Å². The normalized spacial score (nSPS) is 10.6. The largest absolute Gasteiger partial charge is 0.496 e. The molecule has 0 aromatic heterocycles. The molecule has 3 heteroatoms. The van der Waals surface area contributed by atoms with Gasteiger partial charge in [-0.05, 0) is 31.5 Å². The minimum absolute atomic E-state index is 0.618. The van der Waals surface area contributed by atoms with Crippen LogP contribution >= 0.6 is 11.6 Å². The van der Waals surface area contributed by atoms with Crippen molar-refractivity contribution in [2.24, 2.45) is 0 Å². The number of methoxy groups -OCH3 is 1. The second-order valence-corrected chi connectivity index (χ2v) is 4.58. The zero-order valence-corrected chi connectivity index (χ0v) is 11.5. The molecule has 2 aromatic rings. The summed E-state index contributed by atoms with van der Waals surface area (Å²) in [7, 11) is 1.68. The molecule has 0 spiro atoms. The molecule has 0 aliphatic carbocycles. The van der Waals surface area contributed by atoms with E-state index in [1.807, 2.05) is 12.1 Å².